The van der Waals surface area contributed by atoms with Gasteiger partial charge >= 0.3 is 0 Å². The Kier molecular flexibility index (Phi) is 3.37. The molecule has 98 valence electrons. The van der Waals surface area contributed by atoms with Crippen LogP contribution in [-0.2, 0) is 0 Å². The normalized spacial score (nSPS) is 28.6. The molecule has 1 aromatic rings. The Labute approximate surface area is 108 Å². The summed E-state index contributed by atoms with van der Waals surface area (Å²) >= 11 is 0. The van der Waals surface area contributed by atoms with Crippen molar-refractivity contribution in [2.45, 2.75) is 44.2 Å². The van der Waals surface area contributed by atoms with E-state index in [2.05, 4.69) is 15.2 Å². The summed E-state index contributed by atoms with van der Waals surface area (Å²) in [5.74, 6) is 0.165. The third-order valence-electron chi connectivity index (χ3n) is 4.20. The van der Waals surface area contributed by atoms with Crippen molar-refractivity contribution in [3.63, 3.8) is 0 Å². The van der Waals surface area contributed by atoms with Gasteiger partial charge in [0.2, 0.25) is 0 Å². The van der Waals surface area contributed by atoms with Crippen LogP contribution >= 0.6 is 0 Å². The van der Waals surface area contributed by atoms with Crippen LogP contribution in [0, 0.1) is 0 Å². The second kappa shape index (κ2) is 5.14. The van der Waals surface area contributed by atoms with E-state index < -0.39 is 0 Å². The van der Waals surface area contributed by atoms with Crippen LogP contribution in [0.4, 0.5) is 0 Å². The molecule has 2 fully saturated rings. The topological polar surface area (TPSA) is 48.1 Å². The molecule has 0 saturated carbocycles. The van der Waals surface area contributed by atoms with Crippen molar-refractivity contribution >= 4 is 5.91 Å². The number of likely N-dealkylation sites (tertiary alicyclic amines) is 1. The molecule has 2 N–H and O–H groups in total. The van der Waals surface area contributed by atoms with Gasteiger partial charge in [0.15, 0.2) is 0 Å². The number of amides is 1. The van der Waals surface area contributed by atoms with E-state index >= 15 is 0 Å². The Morgan fingerprint density at radius 3 is 2.94 bits per heavy atom. The van der Waals surface area contributed by atoms with E-state index in [0.29, 0.717) is 12.1 Å². The van der Waals surface area contributed by atoms with Gasteiger partial charge in [0.05, 0.1) is 0 Å². The first-order valence-electron chi connectivity index (χ1n) is 7.04. The van der Waals surface area contributed by atoms with Crippen molar-refractivity contribution in [2.75, 3.05) is 13.1 Å². The first-order chi connectivity index (χ1) is 8.86. The summed E-state index contributed by atoms with van der Waals surface area (Å²) in [6, 6.07) is 4.65. The smallest absolute Gasteiger partial charge is 0.270 e. The van der Waals surface area contributed by atoms with Crippen molar-refractivity contribution in [3.8, 4) is 0 Å². The zero-order valence-corrected chi connectivity index (χ0v) is 10.7. The number of piperidine rings is 1. The maximum atomic E-state index is 12.5. The minimum absolute atomic E-state index is 0.165. The fourth-order valence-corrected chi connectivity index (χ4v) is 3.29. The van der Waals surface area contributed by atoms with E-state index in [1.807, 2.05) is 18.3 Å². The number of hydrogen-bond acceptors (Lipinski definition) is 2. The molecule has 4 heteroatoms. The number of hydrogen-bond donors (Lipinski definition) is 2. The summed E-state index contributed by atoms with van der Waals surface area (Å²) in [7, 11) is 0. The van der Waals surface area contributed by atoms with Crippen LogP contribution in [0.5, 0.6) is 0 Å². The second-order valence-corrected chi connectivity index (χ2v) is 5.35. The molecule has 2 saturated heterocycles. The maximum absolute atomic E-state index is 12.5. The molecule has 0 radical (unpaired) electrons. The van der Waals surface area contributed by atoms with Gasteiger partial charge in [-0.3, -0.25) is 4.79 Å². The highest BCUT2D eigenvalue weighted by Crippen LogP contribution is 2.25. The van der Waals surface area contributed by atoms with E-state index in [1.54, 1.807) is 0 Å². The van der Waals surface area contributed by atoms with Crippen LogP contribution in [-0.4, -0.2) is 41.0 Å². The number of carbonyl (C=O) groups excluding carboxylic acids is 1. The molecular weight excluding hydrogens is 226 g/mol. The van der Waals surface area contributed by atoms with Gasteiger partial charge in [-0.15, -0.1) is 0 Å². The average Bonchev–Trinajstić information content (AvgIpc) is 3.11. The summed E-state index contributed by atoms with van der Waals surface area (Å²) < 4.78 is 0. The first-order valence-corrected chi connectivity index (χ1v) is 7.04. The molecule has 1 amide bonds. The Morgan fingerprint density at radius 2 is 2.22 bits per heavy atom. The van der Waals surface area contributed by atoms with Crippen LogP contribution in [0.2, 0.25) is 0 Å². The van der Waals surface area contributed by atoms with Crippen molar-refractivity contribution in [1.82, 2.24) is 15.2 Å². The van der Waals surface area contributed by atoms with E-state index in [9.17, 15) is 4.79 Å². The molecule has 2 aliphatic rings. The average molecular weight is 247 g/mol. The minimum Gasteiger partial charge on any atom is -0.357 e. The van der Waals surface area contributed by atoms with Gasteiger partial charge in [-0.25, -0.2) is 0 Å². The van der Waals surface area contributed by atoms with E-state index in [1.165, 1.54) is 19.3 Å². The van der Waals surface area contributed by atoms with Crippen molar-refractivity contribution in [3.05, 3.63) is 24.0 Å². The number of aromatic amines is 1. The molecule has 3 rings (SSSR count). The summed E-state index contributed by atoms with van der Waals surface area (Å²) in [5, 5.41) is 3.55. The van der Waals surface area contributed by atoms with Crippen LogP contribution in [0.3, 0.4) is 0 Å². The summed E-state index contributed by atoms with van der Waals surface area (Å²) in [5.41, 5.74) is 0.722. The Morgan fingerprint density at radius 1 is 1.28 bits per heavy atom. The third-order valence-corrected chi connectivity index (χ3v) is 4.20. The standard InChI is InChI=1S/C14H21N3O/c18-14(12-6-4-9-16-12)17-10-2-1-7-13(17)11-5-3-8-15-11/h4,6,9,11,13,15-16H,1-3,5,7-8,10H2. The SMILES string of the molecule is O=C(c1ccc[nH]1)N1CCCCC1C1CCCN1. The number of nitrogens with one attached hydrogen (secondary N) is 2. The molecule has 0 bridgehead atoms. The summed E-state index contributed by atoms with van der Waals surface area (Å²) in [6.45, 7) is 2.01. The van der Waals surface area contributed by atoms with Gasteiger partial charge in [-0.05, 0) is 50.8 Å². The van der Waals surface area contributed by atoms with Crippen LogP contribution in [0.15, 0.2) is 18.3 Å². The minimum atomic E-state index is 0.165. The number of rotatable bonds is 2. The lowest BCUT2D eigenvalue weighted by Gasteiger charge is -2.39. The monoisotopic (exact) mass is 247 g/mol. The van der Waals surface area contributed by atoms with Crippen molar-refractivity contribution in [1.29, 1.82) is 0 Å². The molecule has 2 unspecified atom stereocenters. The lowest BCUT2D eigenvalue weighted by atomic mass is 9.94. The Bertz CT molecular complexity index is 395. The van der Waals surface area contributed by atoms with Gasteiger partial charge < -0.3 is 15.2 Å². The van der Waals surface area contributed by atoms with Gasteiger partial charge in [0, 0.05) is 24.8 Å². The Balaban J connectivity index is 1.76. The quantitative estimate of drug-likeness (QED) is 0.836. The number of carbonyl (C=O) groups is 1. The van der Waals surface area contributed by atoms with Crippen molar-refractivity contribution in [2.24, 2.45) is 0 Å². The zero-order chi connectivity index (χ0) is 12.4. The van der Waals surface area contributed by atoms with Gasteiger partial charge in [-0.2, -0.15) is 0 Å². The van der Waals surface area contributed by atoms with E-state index in [-0.39, 0.29) is 5.91 Å². The van der Waals surface area contributed by atoms with Crippen LogP contribution < -0.4 is 5.32 Å². The molecule has 0 spiro atoms. The largest absolute Gasteiger partial charge is 0.357 e. The fourth-order valence-electron chi connectivity index (χ4n) is 3.29. The molecule has 4 nitrogen and oxygen atoms in total. The van der Waals surface area contributed by atoms with Crippen molar-refractivity contribution < 1.29 is 4.79 Å². The van der Waals surface area contributed by atoms with Crippen LogP contribution in [0.25, 0.3) is 0 Å². The summed E-state index contributed by atoms with van der Waals surface area (Å²) in [6.07, 6.45) is 7.79. The van der Waals surface area contributed by atoms with Gasteiger partial charge in [0.25, 0.3) is 5.91 Å². The Hall–Kier alpha value is -1.29. The third kappa shape index (κ3) is 2.17. The molecule has 2 atom stereocenters. The number of aromatic nitrogens is 1. The molecule has 1 aromatic heterocycles. The molecular formula is C14H21N3O. The second-order valence-electron chi connectivity index (χ2n) is 5.35. The number of nitrogens with zero attached hydrogens (tertiary/aromatic N) is 1. The highest BCUT2D eigenvalue weighted by molar-refractivity contribution is 5.92. The molecule has 18 heavy (non-hydrogen) atoms. The lowest BCUT2D eigenvalue weighted by molar-refractivity contribution is 0.0558. The highest BCUT2D eigenvalue weighted by atomic mass is 16.2. The molecule has 0 aromatic carbocycles. The fraction of sp³-hybridized carbons (Fsp3) is 0.643. The molecule has 2 aliphatic heterocycles. The molecule has 0 aliphatic carbocycles. The predicted molar refractivity (Wildman–Crippen MR) is 70.5 cm³/mol. The van der Waals surface area contributed by atoms with E-state index in [0.717, 1.165) is 31.6 Å². The van der Waals surface area contributed by atoms with E-state index in [4.69, 9.17) is 0 Å². The predicted octanol–water partition coefficient (Wildman–Crippen LogP) is 1.76. The van der Waals surface area contributed by atoms with Gasteiger partial charge in [-0.1, -0.05) is 0 Å². The maximum Gasteiger partial charge on any atom is 0.270 e. The lowest BCUT2D eigenvalue weighted by Crippen LogP contribution is -2.52. The molecule has 3 heterocycles. The summed E-state index contributed by atoms with van der Waals surface area (Å²) in [4.78, 5) is 17.6. The number of H-pyrrole nitrogens is 1. The van der Waals surface area contributed by atoms with Crippen LogP contribution in [0.1, 0.15) is 42.6 Å². The zero-order valence-electron chi connectivity index (χ0n) is 10.7. The first kappa shape index (κ1) is 11.8. The highest BCUT2D eigenvalue weighted by Gasteiger charge is 2.34. The van der Waals surface area contributed by atoms with Gasteiger partial charge in [0.1, 0.15) is 5.69 Å².